The first kappa shape index (κ1) is 15.6. The summed E-state index contributed by atoms with van der Waals surface area (Å²) < 4.78 is 5.25. The van der Waals surface area contributed by atoms with Gasteiger partial charge in [-0.1, -0.05) is 11.6 Å². The van der Waals surface area contributed by atoms with E-state index in [1.807, 2.05) is 4.90 Å². The SMILES string of the molecule is N#CC1CN(CCC(=O)Nc2ccc(Cl)cc2N)CCO1. The number of amides is 1. The number of halogens is 1. The van der Waals surface area contributed by atoms with Gasteiger partial charge in [0.2, 0.25) is 5.91 Å². The lowest BCUT2D eigenvalue weighted by atomic mass is 10.2. The third-order valence-corrected chi connectivity index (χ3v) is 3.47. The van der Waals surface area contributed by atoms with E-state index in [-0.39, 0.29) is 5.91 Å². The Kier molecular flexibility index (Phi) is 5.39. The summed E-state index contributed by atoms with van der Waals surface area (Å²) in [6.45, 7) is 2.37. The quantitative estimate of drug-likeness (QED) is 0.822. The van der Waals surface area contributed by atoms with Crippen LogP contribution in [0, 0.1) is 11.3 Å². The monoisotopic (exact) mass is 308 g/mol. The van der Waals surface area contributed by atoms with Gasteiger partial charge in [0.1, 0.15) is 0 Å². The number of nitrogens with one attached hydrogen (secondary N) is 1. The Balaban J connectivity index is 1.81. The van der Waals surface area contributed by atoms with Gasteiger partial charge < -0.3 is 15.8 Å². The van der Waals surface area contributed by atoms with E-state index in [1.54, 1.807) is 18.2 Å². The molecule has 2 rings (SSSR count). The zero-order chi connectivity index (χ0) is 15.2. The number of carbonyl (C=O) groups is 1. The van der Waals surface area contributed by atoms with Crippen molar-refractivity contribution >= 4 is 28.9 Å². The van der Waals surface area contributed by atoms with Gasteiger partial charge in [-0.2, -0.15) is 5.26 Å². The average Bonchev–Trinajstić information content (AvgIpc) is 2.48. The molecule has 1 fully saturated rings. The van der Waals surface area contributed by atoms with E-state index in [9.17, 15) is 4.79 Å². The predicted octanol–water partition coefficient (Wildman–Crippen LogP) is 1.48. The molecule has 0 aliphatic carbocycles. The van der Waals surface area contributed by atoms with Gasteiger partial charge in [0.25, 0.3) is 0 Å². The van der Waals surface area contributed by atoms with Gasteiger partial charge in [-0.3, -0.25) is 9.69 Å². The van der Waals surface area contributed by atoms with Gasteiger partial charge in [-0.15, -0.1) is 0 Å². The summed E-state index contributed by atoms with van der Waals surface area (Å²) in [4.78, 5) is 14.0. The minimum Gasteiger partial charge on any atom is -0.397 e. The third-order valence-electron chi connectivity index (χ3n) is 3.24. The Morgan fingerprint density at radius 2 is 2.43 bits per heavy atom. The van der Waals surface area contributed by atoms with Crippen LogP contribution in [-0.4, -0.2) is 43.2 Å². The van der Waals surface area contributed by atoms with Gasteiger partial charge in [-0.05, 0) is 18.2 Å². The molecular formula is C14H17ClN4O2. The van der Waals surface area contributed by atoms with Crippen LogP contribution in [0.3, 0.4) is 0 Å². The van der Waals surface area contributed by atoms with Crippen molar-refractivity contribution in [3.63, 3.8) is 0 Å². The number of carbonyl (C=O) groups excluding carboxylic acids is 1. The molecule has 7 heteroatoms. The first-order valence-electron chi connectivity index (χ1n) is 6.67. The molecule has 1 heterocycles. The van der Waals surface area contributed by atoms with Crippen molar-refractivity contribution in [3.05, 3.63) is 23.2 Å². The maximum Gasteiger partial charge on any atom is 0.225 e. The van der Waals surface area contributed by atoms with Gasteiger partial charge >= 0.3 is 0 Å². The minimum atomic E-state index is -0.409. The summed E-state index contributed by atoms with van der Waals surface area (Å²) in [5, 5.41) is 12.1. The molecule has 1 unspecified atom stereocenters. The maximum atomic E-state index is 11.9. The molecule has 1 aromatic rings. The van der Waals surface area contributed by atoms with E-state index in [0.29, 0.717) is 42.5 Å². The van der Waals surface area contributed by atoms with E-state index < -0.39 is 6.10 Å². The molecule has 6 nitrogen and oxygen atoms in total. The molecule has 0 aromatic heterocycles. The van der Waals surface area contributed by atoms with Crippen LogP contribution < -0.4 is 11.1 Å². The lowest BCUT2D eigenvalue weighted by molar-refractivity contribution is -0.116. The smallest absolute Gasteiger partial charge is 0.225 e. The van der Waals surface area contributed by atoms with Crippen LogP contribution in [-0.2, 0) is 9.53 Å². The molecular weight excluding hydrogens is 292 g/mol. The second-order valence-electron chi connectivity index (χ2n) is 4.82. The molecule has 0 bridgehead atoms. The van der Waals surface area contributed by atoms with Gasteiger partial charge in [0.15, 0.2) is 6.10 Å². The number of rotatable bonds is 4. The first-order chi connectivity index (χ1) is 10.1. The summed E-state index contributed by atoms with van der Waals surface area (Å²) in [7, 11) is 0. The lowest BCUT2D eigenvalue weighted by Gasteiger charge is -2.29. The van der Waals surface area contributed by atoms with Crippen LogP contribution in [0.15, 0.2) is 18.2 Å². The van der Waals surface area contributed by atoms with Crippen LogP contribution in [0.25, 0.3) is 0 Å². The molecule has 21 heavy (non-hydrogen) atoms. The number of nitrogens with zero attached hydrogens (tertiary/aromatic N) is 2. The fourth-order valence-corrected chi connectivity index (χ4v) is 2.28. The van der Waals surface area contributed by atoms with Gasteiger partial charge in [0.05, 0.1) is 24.1 Å². The molecule has 1 aromatic carbocycles. The van der Waals surface area contributed by atoms with E-state index >= 15 is 0 Å². The van der Waals surface area contributed by atoms with Crippen molar-refractivity contribution in [2.24, 2.45) is 0 Å². The molecule has 0 spiro atoms. The summed E-state index contributed by atoms with van der Waals surface area (Å²) in [6, 6.07) is 7.02. The maximum absolute atomic E-state index is 11.9. The fourth-order valence-electron chi connectivity index (χ4n) is 2.10. The highest BCUT2D eigenvalue weighted by Gasteiger charge is 2.20. The predicted molar refractivity (Wildman–Crippen MR) is 80.9 cm³/mol. The van der Waals surface area contributed by atoms with Crippen molar-refractivity contribution in [3.8, 4) is 6.07 Å². The molecule has 1 aliphatic rings. The normalized spacial score (nSPS) is 19.0. The topological polar surface area (TPSA) is 91.4 Å². The van der Waals surface area contributed by atoms with Gasteiger partial charge in [0, 0.05) is 31.1 Å². The van der Waals surface area contributed by atoms with Crippen molar-refractivity contribution in [2.75, 3.05) is 37.3 Å². The number of hydrogen-bond acceptors (Lipinski definition) is 5. The minimum absolute atomic E-state index is 0.121. The Bertz CT molecular complexity index is 558. The molecule has 3 N–H and O–H groups in total. The Hall–Kier alpha value is -1.81. The van der Waals surface area contributed by atoms with Crippen LogP contribution in [0.4, 0.5) is 11.4 Å². The van der Waals surface area contributed by atoms with Crippen LogP contribution in [0.5, 0.6) is 0 Å². The Labute approximate surface area is 128 Å². The van der Waals surface area contributed by atoms with Gasteiger partial charge in [-0.25, -0.2) is 0 Å². The number of hydrogen-bond donors (Lipinski definition) is 2. The molecule has 1 aliphatic heterocycles. The summed E-state index contributed by atoms with van der Waals surface area (Å²) >= 11 is 5.81. The summed E-state index contributed by atoms with van der Waals surface area (Å²) in [6.07, 6.45) is -0.0750. The number of nitrogen functional groups attached to an aromatic ring is 1. The molecule has 0 saturated carbocycles. The first-order valence-corrected chi connectivity index (χ1v) is 7.04. The van der Waals surface area contributed by atoms with Crippen molar-refractivity contribution in [2.45, 2.75) is 12.5 Å². The number of morpholine rings is 1. The number of nitrogens with two attached hydrogens (primary N) is 1. The van der Waals surface area contributed by atoms with E-state index in [0.717, 1.165) is 6.54 Å². The third kappa shape index (κ3) is 4.60. The second kappa shape index (κ2) is 7.27. The highest BCUT2D eigenvalue weighted by Crippen LogP contribution is 2.22. The molecule has 112 valence electrons. The van der Waals surface area contributed by atoms with Crippen LogP contribution in [0.2, 0.25) is 5.02 Å². The zero-order valence-corrected chi connectivity index (χ0v) is 12.3. The Morgan fingerprint density at radius 1 is 1.62 bits per heavy atom. The van der Waals surface area contributed by atoms with Crippen molar-refractivity contribution in [1.82, 2.24) is 4.90 Å². The largest absolute Gasteiger partial charge is 0.397 e. The number of benzene rings is 1. The van der Waals surface area contributed by atoms with Crippen molar-refractivity contribution < 1.29 is 9.53 Å². The fraction of sp³-hybridized carbons (Fsp3) is 0.429. The number of nitriles is 1. The number of ether oxygens (including phenoxy) is 1. The van der Waals surface area contributed by atoms with E-state index in [2.05, 4.69) is 11.4 Å². The zero-order valence-electron chi connectivity index (χ0n) is 11.5. The Morgan fingerprint density at radius 3 is 3.14 bits per heavy atom. The lowest BCUT2D eigenvalue weighted by Crippen LogP contribution is -2.42. The average molecular weight is 309 g/mol. The van der Waals surface area contributed by atoms with Crippen LogP contribution >= 0.6 is 11.6 Å². The summed E-state index contributed by atoms with van der Waals surface area (Å²) in [5.41, 5.74) is 6.78. The van der Waals surface area contributed by atoms with E-state index in [4.69, 9.17) is 27.3 Å². The van der Waals surface area contributed by atoms with E-state index in [1.165, 1.54) is 0 Å². The van der Waals surface area contributed by atoms with Crippen molar-refractivity contribution in [1.29, 1.82) is 5.26 Å². The molecule has 0 radical (unpaired) electrons. The molecule has 1 amide bonds. The highest BCUT2D eigenvalue weighted by atomic mass is 35.5. The summed E-state index contributed by atoms with van der Waals surface area (Å²) in [5.74, 6) is -0.121. The molecule has 1 saturated heterocycles. The van der Waals surface area contributed by atoms with Crippen LogP contribution in [0.1, 0.15) is 6.42 Å². The number of anilines is 2. The highest BCUT2D eigenvalue weighted by molar-refractivity contribution is 6.31. The second-order valence-corrected chi connectivity index (χ2v) is 5.26. The standard InChI is InChI=1S/C14H17ClN4O2/c15-10-1-2-13(12(17)7-10)18-14(20)3-4-19-5-6-21-11(8-16)9-19/h1-2,7,11H,3-6,9,17H2,(H,18,20). The molecule has 1 atom stereocenters.